The van der Waals surface area contributed by atoms with Gasteiger partial charge in [-0.05, 0) is 18.4 Å². The van der Waals surface area contributed by atoms with Gasteiger partial charge in [0, 0.05) is 12.7 Å². The first-order valence-electron chi connectivity index (χ1n) is 5.41. The van der Waals surface area contributed by atoms with Crippen molar-refractivity contribution in [3.05, 3.63) is 18.0 Å². The van der Waals surface area contributed by atoms with Gasteiger partial charge in [0.25, 0.3) is 0 Å². The number of alkyl halides is 1. The van der Waals surface area contributed by atoms with Gasteiger partial charge in [-0.25, -0.2) is 0 Å². The Balaban J connectivity index is 2.28. The predicted octanol–water partition coefficient (Wildman–Crippen LogP) is 1.73. The van der Waals surface area contributed by atoms with Crippen molar-refractivity contribution < 1.29 is 4.79 Å². The number of nitrogens with zero attached hydrogens (tertiary/aromatic N) is 2. The standard InChI is InChI=1S/C11H18BrN3O/c1-8(2)10(12)11(16)13-4-5-15-7-9(3)6-14-15/h6-8,10H,4-5H2,1-3H3,(H,13,16). The molecule has 5 heteroatoms. The normalized spacial score (nSPS) is 12.8. The first-order valence-corrected chi connectivity index (χ1v) is 6.33. The highest BCUT2D eigenvalue weighted by atomic mass is 79.9. The number of nitrogens with one attached hydrogen (secondary N) is 1. The molecule has 1 atom stereocenters. The molecule has 0 aromatic carbocycles. The van der Waals surface area contributed by atoms with Crippen molar-refractivity contribution in [2.45, 2.75) is 32.1 Å². The molecule has 1 aromatic rings. The zero-order valence-corrected chi connectivity index (χ0v) is 11.5. The molecule has 0 aliphatic heterocycles. The van der Waals surface area contributed by atoms with E-state index in [1.165, 1.54) is 0 Å². The van der Waals surface area contributed by atoms with Crippen molar-refractivity contribution in [2.24, 2.45) is 5.92 Å². The lowest BCUT2D eigenvalue weighted by molar-refractivity contribution is -0.121. The third-order valence-electron chi connectivity index (χ3n) is 2.24. The number of amides is 1. The molecule has 1 heterocycles. The number of carbonyl (C=O) groups excluding carboxylic acids is 1. The average molecular weight is 288 g/mol. The molecule has 1 unspecified atom stereocenters. The number of hydrogen-bond donors (Lipinski definition) is 1. The molecule has 1 aromatic heterocycles. The molecule has 90 valence electrons. The van der Waals surface area contributed by atoms with Crippen molar-refractivity contribution in [3.63, 3.8) is 0 Å². The van der Waals surface area contributed by atoms with Crippen molar-refractivity contribution in [1.29, 1.82) is 0 Å². The maximum atomic E-state index is 11.6. The Morgan fingerprint density at radius 3 is 2.81 bits per heavy atom. The van der Waals surface area contributed by atoms with Crippen LogP contribution in [0.4, 0.5) is 0 Å². The second-order valence-corrected chi connectivity index (χ2v) is 5.20. The van der Waals surface area contributed by atoms with Gasteiger partial charge in [0.1, 0.15) is 0 Å². The average Bonchev–Trinajstić information content (AvgIpc) is 2.62. The summed E-state index contributed by atoms with van der Waals surface area (Å²) in [7, 11) is 0. The van der Waals surface area contributed by atoms with Gasteiger partial charge in [-0.1, -0.05) is 29.8 Å². The van der Waals surface area contributed by atoms with Gasteiger partial charge < -0.3 is 5.32 Å². The highest BCUT2D eigenvalue weighted by Gasteiger charge is 2.17. The molecular formula is C11H18BrN3O. The van der Waals surface area contributed by atoms with Crippen LogP contribution in [0.3, 0.4) is 0 Å². The van der Waals surface area contributed by atoms with Gasteiger partial charge in [-0.15, -0.1) is 0 Å². The van der Waals surface area contributed by atoms with Gasteiger partial charge in [-0.2, -0.15) is 5.10 Å². The lowest BCUT2D eigenvalue weighted by atomic mass is 10.1. The SMILES string of the molecule is Cc1cnn(CCNC(=O)C(Br)C(C)C)c1. The number of hydrogen-bond acceptors (Lipinski definition) is 2. The van der Waals surface area contributed by atoms with Gasteiger partial charge in [0.05, 0.1) is 17.6 Å². The fraction of sp³-hybridized carbons (Fsp3) is 0.636. The highest BCUT2D eigenvalue weighted by Crippen LogP contribution is 2.11. The Morgan fingerprint density at radius 2 is 2.31 bits per heavy atom. The molecule has 16 heavy (non-hydrogen) atoms. The zero-order chi connectivity index (χ0) is 12.1. The van der Waals surface area contributed by atoms with Crippen LogP contribution >= 0.6 is 15.9 Å². The van der Waals surface area contributed by atoms with E-state index in [0.29, 0.717) is 19.0 Å². The van der Waals surface area contributed by atoms with Crippen molar-refractivity contribution in [1.82, 2.24) is 15.1 Å². The van der Waals surface area contributed by atoms with Crippen LogP contribution in [0.1, 0.15) is 19.4 Å². The minimum atomic E-state index is -0.119. The largest absolute Gasteiger partial charge is 0.353 e. The molecule has 0 saturated carbocycles. The van der Waals surface area contributed by atoms with E-state index in [4.69, 9.17) is 0 Å². The fourth-order valence-electron chi connectivity index (χ4n) is 1.28. The van der Waals surface area contributed by atoms with E-state index < -0.39 is 0 Å². The van der Waals surface area contributed by atoms with Gasteiger partial charge in [-0.3, -0.25) is 9.48 Å². The van der Waals surface area contributed by atoms with E-state index >= 15 is 0 Å². The summed E-state index contributed by atoms with van der Waals surface area (Å²) in [5.74, 6) is 0.339. The highest BCUT2D eigenvalue weighted by molar-refractivity contribution is 9.10. The number of aryl methyl sites for hydroxylation is 1. The zero-order valence-electron chi connectivity index (χ0n) is 9.90. The minimum Gasteiger partial charge on any atom is -0.353 e. The molecule has 0 aliphatic carbocycles. The Kier molecular flexibility index (Phi) is 4.99. The summed E-state index contributed by atoms with van der Waals surface area (Å²) in [5, 5.41) is 7.02. The van der Waals surface area contributed by atoms with Gasteiger partial charge in [0.2, 0.25) is 5.91 Å². The van der Waals surface area contributed by atoms with Crippen LogP contribution in [0.5, 0.6) is 0 Å². The van der Waals surface area contributed by atoms with E-state index in [9.17, 15) is 4.79 Å². The van der Waals surface area contributed by atoms with Crippen molar-refractivity contribution in [2.75, 3.05) is 6.54 Å². The van der Waals surface area contributed by atoms with E-state index in [-0.39, 0.29) is 10.7 Å². The Morgan fingerprint density at radius 1 is 1.62 bits per heavy atom. The quantitative estimate of drug-likeness (QED) is 0.839. The molecule has 1 rings (SSSR count). The Hall–Kier alpha value is -0.840. The fourth-order valence-corrected chi connectivity index (χ4v) is 1.45. The van der Waals surface area contributed by atoms with E-state index in [0.717, 1.165) is 5.56 Å². The molecule has 0 radical (unpaired) electrons. The number of rotatable bonds is 5. The summed E-state index contributed by atoms with van der Waals surface area (Å²) < 4.78 is 1.83. The third kappa shape index (κ3) is 3.96. The third-order valence-corrected chi connectivity index (χ3v) is 3.71. The first kappa shape index (κ1) is 13.2. The number of carbonyl (C=O) groups is 1. The van der Waals surface area contributed by atoms with Crippen LogP contribution in [-0.4, -0.2) is 27.1 Å². The van der Waals surface area contributed by atoms with Crippen LogP contribution in [0.15, 0.2) is 12.4 Å². The molecule has 1 amide bonds. The summed E-state index contributed by atoms with van der Waals surface area (Å²) in [6.07, 6.45) is 3.77. The monoisotopic (exact) mass is 287 g/mol. The number of aromatic nitrogens is 2. The van der Waals surface area contributed by atoms with Crippen LogP contribution < -0.4 is 5.32 Å². The van der Waals surface area contributed by atoms with Gasteiger partial charge >= 0.3 is 0 Å². The van der Waals surface area contributed by atoms with Crippen LogP contribution in [0.2, 0.25) is 0 Å². The Labute approximate surface area is 105 Å². The molecule has 0 fully saturated rings. The summed E-state index contributed by atoms with van der Waals surface area (Å²) in [6.45, 7) is 7.33. The second-order valence-electron chi connectivity index (χ2n) is 4.22. The molecule has 0 bridgehead atoms. The molecule has 0 aliphatic rings. The Bertz CT molecular complexity index is 349. The second kappa shape index (κ2) is 6.03. The summed E-state index contributed by atoms with van der Waals surface area (Å²) in [5.41, 5.74) is 1.13. The summed E-state index contributed by atoms with van der Waals surface area (Å²) >= 11 is 3.36. The lowest BCUT2D eigenvalue weighted by Crippen LogP contribution is -2.35. The van der Waals surface area contributed by atoms with E-state index in [1.54, 1.807) is 0 Å². The van der Waals surface area contributed by atoms with Crippen molar-refractivity contribution >= 4 is 21.8 Å². The maximum absolute atomic E-state index is 11.6. The van der Waals surface area contributed by atoms with E-state index in [2.05, 4.69) is 26.3 Å². The van der Waals surface area contributed by atoms with Crippen molar-refractivity contribution in [3.8, 4) is 0 Å². The molecule has 0 spiro atoms. The van der Waals surface area contributed by atoms with Gasteiger partial charge in [0.15, 0.2) is 0 Å². The first-order chi connectivity index (χ1) is 7.50. The molecular weight excluding hydrogens is 270 g/mol. The minimum absolute atomic E-state index is 0.0406. The smallest absolute Gasteiger partial charge is 0.234 e. The van der Waals surface area contributed by atoms with Crippen LogP contribution in [-0.2, 0) is 11.3 Å². The lowest BCUT2D eigenvalue weighted by Gasteiger charge is -2.13. The molecule has 4 nitrogen and oxygen atoms in total. The summed E-state index contributed by atoms with van der Waals surface area (Å²) in [6, 6.07) is 0. The predicted molar refractivity (Wildman–Crippen MR) is 67.5 cm³/mol. The van der Waals surface area contributed by atoms with E-state index in [1.807, 2.05) is 37.8 Å². The van der Waals surface area contributed by atoms with Crippen LogP contribution in [0.25, 0.3) is 0 Å². The van der Waals surface area contributed by atoms with Crippen LogP contribution in [0, 0.1) is 12.8 Å². The molecule has 0 saturated heterocycles. The maximum Gasteiger partial charge on any atom is 0.234 e. The summed E-state index contributed by atoms with van der Waals surface area (Å²) in [4.78, 5) is 11.5. The number of halogens is 1. The molecule has 1 N–H and O–H groups in total. The topological polar surface area (TPSA) is 46.9 Å².